The van der Waals surface area contributed by atoms with Crippen molar-refractivity contribution in [2.75, 3.05) is 17.3 Å². The predicted molar refractivity (Wildman–Crippen MR) is 80.3 cm³/mol. The minimum Gasteiger partial charge on any atom is -0.351 e. The Balaban J connectivity index is 1.93. The third kappa shape index (κ3) is 3.87. The van der Waals surface area contributed by atoms with Gasteiger partial charge in [-0.2, -0.15) is 0 Å². The Morgan fingerprint density at radius 3 is 2.70 bits per heavy atom. The fraction of sp³-hybridized carbons (Fsp3) is 0.429. The Kier molecular flexibility index (Phi) is 5.26. The number of benzene rings is 1. The topological polar surface area (TPSA) is 49.4 Å². The van der Waals surface area contributed by atoms with Crippen LogP contribution in [0.25, 0.3) is 0 Å². The Morgan fingerprint density at radius 2 is 2.05 bits per heavy atom. The van der Waals surface area contributed by atoms with Gasteiger partial charge in [-0.05, 0) is 30.7 Å². The molecule has 0 aliphatic carbocycles. The van der Waals surface area contributed by atoms with Gasteiger partial charge < -0.3 is 10.2 Å². The van der Waals surface area contributed by atoms with Gasteiger partial charge in [0.15, 0.2) is 0 Å². The van der Waals surface area contributed by atoms with E-state index in [4.69, 9.17) is 23.2 Å². The van der Waals surface area contributed by atoms with Crippen molar-refractivity contribution in [3.8, 4) is 0 Å². The van der Waals surface area contributed by atoms with Crippen molar-refractivity contribution < 1.29 is 9.59 Å². The van der Waals surface area contributed by atoms with E-state index in [1.54, 1.807) is 29.2 Å². The van der Waals surface area contributed by atoms with E-state index in [1.807, 2.05) is 0 Å². The van der Waals surface area contributed by atoms with E-state index < -0.39 is 0 Å². The largest absolute Gasteiger partial charge is 0.351 e. The van der Waals surface area contributed by atoms with Gasteiger partial charge in [-0.3, -0.25) is 9.59 Å². The zero-order chi connectivity index (χ0) is 14.5. The first kappa shape index (κ1) is 15.1. The lowest BCUT2D eigenvalue weighted by molar-refractivity contribution is -0.121. The second kappa shape index (κ2) is 6.95. The zero-order valence-corrected chi connectivity index (χ0v) is 12.5. The molecule has 1 aliphatic rings. The molecule has 1 atom stereocenters. The minimum absolute atomic E-state index is 0.00923. The van der Waals surface area contributed by atoms with Crippen molar-refractivity contribution in [3.05, 3.63) is 29.3 Å². The van der Waals surface area contributed by atoms with E-state index >= 15 is 0 Å². The number of hydrogen-bond donors (Lipinski definition) is 1. The average molecular weight is 315 g/mol. The molecule has 1 aliphatic heterocycles. The summed E-state index contributed by atoms with van der Waals surface area (Å²) < 4.78 is 0. The van der Waals surface area contributed by atoms with Crippen molar-refractivity contribution in [2.24, 2.45) is 0 Å². The lowest BCUT2D eigenvalue weighted by atomic mass is 10.2. The molecule has 0 radical (unpaired) electrons. The maximum absolute atomic E-state index is 12.0. The van der Waals surface area contributed by atoms with Gasteiger partial charge >= 0.3 is 0 Å². The molecule has 6 heteroatoms. The number of carbonyl (C=O) groups excluding carboxylic acids is 2. The summed E-state index contributed by atoms with van der Waals surface area (Å²) in [5, 5.41) is 3.50. The molecule has 108 valence electrons. The quantitative estimate of drug-likeness (QED) is 0.849. The van der Waals surface area contributed by atoms with Crippen LogP contribution >= 0.6 is 23.2 Å². The monoisotopic (exact) mass is 314 g/mol. The highest BCUT2D eigenvalue weighted by Crippen LogP contribution is 2.23. The van der Waals surface area contributed by atoms with Crippen molar-refractivity contribution in [1.29, 1.82) is 0 Å². The van der Waals surface area contributed by atoms with Crippen molar-refractivity contribution in [2.45, 2.75) is 25.3 Å². The fourth-order valence-electron chi connectivity index (χ4n) is 2.20. The van der Waals surface area contributed by atoms with Gasteiger partial charge in [0, 0.05) is 36.0 Å². The molecule has 1 heterocycles. The number of alkyl halides is 1. The molecule has 20 heavy (non-hydrogen) atoms. The Hall–Kier alpha value is -1.26. The summed E-state index contributed by atoms with van der Waals surface area (Å²) in [4.78, 5) is 25.3. The van der Waals surface area contributed by atoms with Gasteiger partial charge in [0.25, 0.3) is 0 Å². The first-order valence-electron chi connectivity index (χ1n) is 6.51. The smallest absolute Gasteiger partial charge is 0.229 e. The molecule has 1 N–H and O–H groups in total. The first-order valence-corrected chi connectivity index (χ1v) is 7.42. The van der Waals surface area contributed by atoms with Crippen LogP contribution in [0.2, 0.25) is 5.02 Å². The molecule has 2 rings (SSSR count). The van der Waals surface area contributed by atoms with Crippen molar-refractivity contribution in [1.82, 2.24) is 5.32 Å². The highest BCUT2D eigenvalue weighted by Gasteiger charge is 2.31. The minimum atomic E-state index is -0.138. The van der Waals surface area contributed by atoms with Crippen LogP contribution in [-0.4, -0.2) is 30.3 Å². The summed E-state index contributed by atoms with van der Waals surface area (Å²) in [5.41, 5.74) is 0.803. The third-order valence-electron chi connectivity index (χ3n) is 3.17. The van der Waals surface area contributed by atoms with Crippen molar-refractivity contribution in [3.63, 3.8) is 0 Å². The lowest BCUT2D eigenvalue weighted by Gasteiger charge is -2.17. The number of rotatable bonds is 5. The normalized spacial score (nSPS) is 18.4. The van der Waals surface area contributed by atoms with Crippen LogP contribution in [0.4, 0.5) is 5.69 Å². The Labute approximate surface area is 128 Å². The number of amides is 2. The third-order valence-corrected chi connectivity index (χ3v) is 3.69. The molecule has 1 saturated heterocycles. The van der Waals surface area contributed by atoms with Gasteiger partial charge in [-0.25, -0.2) is 0 Å². The summed E-state index contributed by atoms with van der Waals surface area (Å²) in [6.07, 6.45) is 1.37. The van der Waals surface area contributed by atoms with E-state index in [2.05, 4.69) is 5.32 Å². The maximum Gasteiger partial charge on any atom is 0.229 e. The average Bonchev–Trinajstić information content (AvgIpc) is 2.78. The molecule has 2 amide bonds. The molecular weight excluding hydrogens is 299 g/mol. The number of nitrogens with one attached hydrogen (secondary N) is 1. The van der Waals surface area contributed by atoms with Crippen molar-refractivity contribution >= 4 is 40.7 Å². The molecular formula is C14H16Cl2N2O2. The summed E-state index contributed by atoms with van der Waals surface area (Å²) >= 11 is 11.4. The number of nitrogens with zero attached hydrogens (tertiary/aromatic N) is 1. The summed E-state index contributed by atoms with van der Waals surface area (Å²) in [5.74, 6) is 0.421. The Morgan fingerprint density at radius 1 is 1.35 bits per heavy atom. The second-order valence-corrected chi connectivity index (χ2v) is 5.56. The standard InChI is InChI=1S/C14H16Cl2N2O2/c15-7-1-2-13(19)17-11-8-14(20)18(9-11)12-5-3-10(16)4-6-12/h3-6,11H,1-2,7-9H2,(H,17,19)/t11-/m1/s1. The number of anilines is 1. The van der Waals surface area contributed by atoms with Crippen LogP contribution < -0.4 is 10.2 Å². The van der Waals surface area contributed by atoms with E-state index in [0.29, 0.717) is 36.7 Å². The first-order chi connectivity index (χ1) is 9.60. The molecule has 4 nitrogen and oxygen atoms in total. The van der Waals surface area contributed by atoms with E-state index in [0.717, 1.165) is 5.69 Å². The number of halogens is 2. The fourth-order valence-corrected chi connectivity index (χ4v) is 2.46. The van der Waals surface area contributed by atoms with Crippen LogP contribution in [0.5, 0.6) is 0 Å². The van der Waals surface area contributed by atoms with Gasteiger partial charge in [0.1, 0.15) is 0 Å². The van der Waals surface area contributed by atoms with Crippen LogP contribution in [0.3, 0.4) is 0 Å². The summed E-state index contributed by atoms with van der Waals surface area (Å²) in [6.45, 7) is 0.493. The highest BCUT2D eigenvalue weighted by molar-refractivity contribution is 6.30. The second-order valence-electron chi connectivity index (χ2n) is 4.74. The zero-order valence-electron chi connectivity index (χ0n) is 10.9. The van der Waals surface area contributed by atoms with Gasteiger partial charge in [0.2, 0.25) is 11.8 Å². The van der Waals surface area contributed by atoms with Gasteiger partial charge in [-0.1, -0.05) is 11.6 Å². The molecule has 1 fully saturated rings. The highest BCUT2D eigenvalue weighted by atomic mass is 35.5. The van der Waals surface area contributed by atoms with Gasteiger partial charge in [-0.15, -0.1) is 11.6 Å². The molecule has 0 aromatic heterocycles. The van der Waals surface area contributed by atoms with Gasteiger partial charge in [0.05, 0.1) is 6.04 Å². The molecule has 1 aromatic rings. The SMILES string of the molecule is O=C(CCCCl)N[C@@H]1CC(=O)N(c2ccc(Cl)cc2)C1. The lowest BCUT2D eigenvalue weighted by Crippen LogP contribution is -2.37. The summed E-state index contributed by atoms with van der Waals surface area (Å²) in [7, 11) is 0. The van der Waals surface area contributed by atoms with E-state index in [1.165, 1.54) is 0 Å². The molecule has 0 saturated carbocycles. The van der Waals surface area contributed by atoms with E-state index in [9.17, 15) is 9.59 Å². The molecule has 1 aromatic carbocycles. The molecule has 0 unspecified atom stereocenters. The maximum atomic E-state index is 12.0. The van der Waals surface area contributed by atoms with Crippen LogP contribution in [0.1, 0.15) is 19.3 Å². The van der Waals surface area contributed by atoms with Crippen LogP contribution in [0, 0.1) is 0 Å². The number of hydrogen-bond acceptors (Lipinski definition) is 2. The van der Waals surface area contributed by atoms with Crippen LogP contribution in [0.15, 0.2) is 24.3 Å². The summed E-state index contributed by atoms with van der Waals surface area (Å²) in [6, 6.07) is 6.96. The van der Waals surface area contributed by atoms with Crippen LogP contribution in [-0.2, 0) is 9.59 Å². The Bertz CT molecular complexity index is 490. The molecule has 0 spiro atoms. The number of carbonyl (C=O) groups is 2. The molecule has 0 bridgehead atoms. The predicted octanol–water partition coefficient (Wildman–Crippen LogP) is 2.58. The van der Waals surface area contributed by atoms with E-state index in [-0.39, 0.29) is 17.9 Å².